The van der Waals surface area contributed by atoms with Gasteiger partial charge in [0, 0.05) is 25.0 Å². The lowest BCUT2D eigenvalue weighted by Crippen LogP contribution is -2.49. The lowest BCUT2D eigenvalue weighted by atomic mass is 9.76. The Bertz CT molecular complexity index is 780. The Labute approximate surface area is 243 Å². The van der Waals surface area contributed by atoms with Crippen LogP contribution < -0.4 is 10.6 Å². The highest BCUT2D eigenvalue weighted by Crippen LogP contribution is 2.39. The van der Waals surface area contributed by atoms with Gasteiger partial charge in [-0.25, -0.2) is 0 Å². The molecule has 3 unspecified atom stereocenters. The molecular formula is C33H59N3O4. The van der Waals surface area contributed by atoms with Gasteiger partial charge in [-0.15, -0.1) is 0 Å². The lowest BCUT2D eigenvalue weighted by molar-refractivity contribution is -0.193. The number of rotatable bonds is 11. The summed E-state index contributed by atoms with van der Waals surface area (Å²) in [6.07, 6.45) is 18.4. The average molecular weight is 562 g/mol. The minimum absolute atomic E-state index is 0.0520. The number of carbonyl (C=O) groups excluding carboxylic acids is 1. The smallest absolute Gasteiger partial charge is 0.240 e. The number of hydrogen-bond donors (Lipinski definition) is 4. The molecule has 0 aromatic heterocycles. The van der Waals surface area contributed by atoms with E-state index in [9.17, 15) is 15.0 Å². The van der Waals surface area contributed by atoms with Crippen LogP contribution >= 0.6 is 0 Å². The molecule has 40 heavy (non-hydrogen) atoms. The van der Waals surface area contributed by atoms with Gasteiger partial charge in [-0.1, -0.05) is 71.1 Å². The van der Waals surface area contributed by atoms with E-state index in [-0.39, 0.29) is 12.5 Å². The normalized spacial score (nSPS) is 41.5. The van der Waals surface area contributed by atoms with Crippen LogP contribution in [0.2, 0.25) is 0 Å². The first-order valence-electron chi connectivity index (χ1n) is 17.2. The number of hydroxylamine groups is 2. The molecular weight excluding hydrogens is 502 g/mol. The summed E-state index contributed by atoms with van der Waals surface area (Å²) >= 11 is 0. The first-order valence-corrected chi connectivity index (χ1v) is 17.2. The Kier molecular flexibility index (Phi) is 11.2. The largest absolute Gasteiger partial charge is 0.396 e. The van der Waals surface area contributed by atoms with Gasteiger partial charge in [0.05, 0.1) is 12.7 Å². The Morgan fingerprint density at radius 1 is 0.950 bits per heavy atom. The average Bonchev–Trinajstić information content (AvgIpc) is 3.55. The molecule has 0 radical (unpaired) electrons. The van der Waals surface area contributed by atoms with E-state index < -0.39 is 24.2 Å². The van der Waals surface area contributed by atoms with Gasteiger partial charge in [-0.05, 0) is 81.1 Å². The third-order valence-corrected chi connectivity index (χ3v) is 11.8. The summed E-state index contributed by atoms with van der Waals surface area (Å²) in [4.78, 5) is 19.8. The van der Waals surface area contributed by atoms with E-state index in [1.165, 1.54) is 89.9 Å². The molecule has 7 heteroatoms. The fourth-order valence-electron chi connectivity index (χ4n) is 9.10. The summed E-state index contributed by atoms with van der Waals surface area (Å²) < 4.78 is 0. The van der Waals surface area contributed by atoms with Crippen molar-refractivity contribution in [3.8, 4) is 0 Å². The maximum Gasteiger partial charge on any atom is 0.240 e. The Morgan fingerprint density at radius 2 is 1.60 bits per heavy atom. The van der Waals surface area contributed by atoms with Gasteiger partial charge < -0.3 is 20.8 Å². The molecule has 1 amide bonds. The summed E-state index contributed by atoms with van der Waals surface area (Å²) in [5.41, 5.74) is 0. The van der Waals surface area contributed by atoms with Crippen molar-refractivity contribution in [1.29, 1.82) is 0 Å². The van der Waals surface area contributed by atoms with E-state index in [1.807, 2.05) is 5.06 Å². The van der Waals surface area contributed by atoms with Crippen molar-refractivity contribution < 1.29 is 19.8 Å². The number of aliphatic hydroxyl groups excluding tert-OH is 2. The first-order chi connectivity index (χ1) is 19.4. The van der Waals surface area contributed by atoms with Crippen molar-refractivity contribution >= 4 is 5.91 Å². The fraction of sp³-hybridized carbons (Fsp3) is 0.970. The fourth-order valence-corrected chi connectivity index (χ4v) is 9.10. The molecule has 2 saturated heterocycles. The van der Waals surface area contributed by atoms with Crippen LogP contribution in [0.4, 0.5) is 0 Å². The molecule has 230 valence electrons. The van der Waals surface area contributed by atoms with Gasteiger partial charge in [0.2, 0.25) is 5.91 Å². The van der Waals surface area contributed by atoms with Crippen LogP contribution in [-0.2, 0) is 9.63 Å². The van der Waals surface area contributed by atoms with Crippen LogP contribution in [0.3, 0.4) is 0 Å². The van der Waals surface area contributed by atoms with E-state index >= 15 is 0 Å². The predicted octanol–water partition coefficient (Wildman–Crippen LogP) is 4.66. The first kappa shape index (κ1) is 30.7. The van der Waals surface area contributed by atoms with Crippen molar-refractivity contribution in [2.45, 2.75) is 134 Å². The molecule has 0 bridgehead atoms. The second-order valence-electron chi connectivity index (χ2n) is 14.6. The van der Waals surface area contributed by atoms with Crippen LogP contribution in [0.5, 0.6) is 0 Å². The van der Waals surface area contributed by atoms with E-state index in [0.717, 1.165) is 36.6 Å². The van der Waals surface area contributed by atoms with Gasteiger partial charge in [0.1, 0.15) is 12.1 Å². The monoisotopic (exact) mass is 561 g/mol. The topological polar surface area (TPSA) is 94.1 Å². The number of aliphatic hydroxyl groups is 2. The summed E-state index contributed by atoms with van der Waals surface area (Å²) in [6.45, 7) is 6.39. The molecule has 5 rings (SSSR count). The van der Waals surface area contributed by atoms with Crippen LogP contribution in [0.25, 0.3) is 0 Å². The van der Waals surface area contributed by atoms with E-state index in [2.05, 4.69) is 17.6 Å². The van der Waals surface area contributed by atoms with Gasteiger partial charge in [0.25, 0.3) is 0 Å². The summed E-state index contributed by atoms with van der Waals surface area (Å²) in [5.74, 6) is 4.15. The zero-order valence-corrected chi connectivity index (χ0v) is 25.4. The number of nitrogens with zero attached hydrogens (tertiary/aromatic N) is 1. The Morgan fingerprint density at radius 3 is 2.27 bits per heavy atom. The Balaban J connectivity index is 1.09. The molecule has 5 aliphatic rings. The highest BCUT2D eigenvalue weighted by molar-refractivity contribution is 5.82. The summed E-state index contributed by atoms with van der Waals surface area (Å²) in [6, 6.07) is 0.130. The summed E-state index contributed by atoms with van der Waals surface area (Å²) in [7, 11) is 0. The zero-order valence-electron chi connectivity index (χ0n) is 25.4. The van der Waals surface area contributed by atoms with Crippen LogP contribution in [-0.4, -0.2) is 71.7 Å². The van der Waals surface area contributed by atoms with Gasteiger partial charge in [-0.3, -0.25) is 9.63 Å². The molecule has 2 heterocycles. The minimum Gasteiger partial charge on any atom is -0.396 e. The molecule has 0 aromatic carbocycles. The zero-order chi connectivity index (χ0) is 28.1. The Hall–Kier alpha value is -0.730. The molecule has 4 N–H and O–H groups in total. The van der Waals surface area contributed by atoms with E-state index in [1.54, 1.807) is 6.92 Å². The van der Waals surface area contributed by atoms with Crippen LogP contribution in [0.15, 0.2) is 0 Å². The van der Waals surface area contributed by atoms with E-state index in [0.29, 0.717) is 31.0 Å². The predicted molar refractivity (Wildman–Crippen MR) is 158 cm³/mol. The number of amides is 1. The maximum atomic E-state index is 13.6. The molecule has 3 aliphatic carbocycles. The number of hydrogen-bond acceptors (Lipinski definition) is 6. The van der Waals surface area contributed by atoms with Crippen LogP contribution in [0.1, 0.15) is 110 Å². The second-order valence-corrected chi connectivity index (χ2v) is 14.6. The third kappa shape index (κ3) is 7.61. The van der Waals surface area contributed by atoms with Crippen LogP contribution in [0, 0.1) is 41.4 Å². The number of nitrogens with one attached hydrogen (secondary N) is 2. The van der Waals surface area contributed by atoms with Gasteiger partial charge in [-0.2, -0.15) is 5.06 Å². The third-order valence-electron chi connectivity index (χ3n) is 11.8. The van der Waals surface area contributed by atoms with Gasteiger partial charge >= 0.3 is 0 Å². The van der Waals surface area contributed by atoms with Gasteiger partial charge in [0.15, 0.2) is 0 Å². The van der Waals surface area contributed by atoms with Crippen molar-refractivity contribution in [3.63, 3.8) is 0 Å². The minimum atomic E-state index is -0.733. The van der Waals surface area contributed by atoms with Crippen molar-refractivity contribution in [2.75, 3.05) is 26.2 Å². The van der Waals surface area contributed by atoms with Crippen molar-refractivity contribution in [1.82, 2.24) is 15.7 Å². The van der Waals surface area contributed by atoms with Crippen molar-refractivity contribution in [3.05, 3.63) is 0 Å². The summed E-state index contributed by atoms with van der Waals surface area (Å²) in [5, 5.41) is 29.5. The molecule has 7 atom stereocenters. The molecule has 0 spiro atoms. The molecule has 3 saturated carbocycles. The highest BCUT2D eigenvalue weighted by Gasteiger charge is 2.49. The highest BCUT2D eigenvalue weighted by atomic mass is 16.7. The number of carbonyl (C=O) groups is 1. The van der Waals surface area contributed by atoms with Crippen molar-refractivity contribution in [2.24, 2.45) is 41.4 Å². The SMILES string of the molecule is CC1CCC(CCC2CCC(CN3O[C@H]([C@@H](C)O)[C@H](CO)[C@@H]3C(=O)NCCC3CNC4CCCCC34)CC2)CC1. The maximum absolute atomic E-state index is 13.6. The molecule has 5 fully saturated rings. The molecule has 0 aromatic rings. The number of fused-ring (bicyclic) bond motifs is 1. The second kappa shape index (κ2) is 14.6. The molecule has 7 nitrogen and oxygen atoms in total. The van der Waals surface area contributed by atoms with E-state index in [4.69, 9.17) is 4.84 Å². The molecule has 2 aliphatic heterocycles. The standard InChI is InChI=1S/C33H59N3O4/c1-22-7-9-24(10-8-22)11-12-25-13-15-26(16-14-25)20-36-31(29(21-37)32(40-36)23(2)38)33(39)34-18-17-27-19-35-30-6-4-3-5-28(27)30/h22-32,35,37-38H,3-21H2,1-2H3,(H,34,39)/t22?,23-,24?,25?,26?,27?,28?,29-,30?,31-,32-/m1/s1. The lowest BCUT2D eigenvalue weighted by Gasteiger charge is -2.34. The quantitative estimate of drug-likeness (QED) is 0.293.